The summed E-state index contributed by atoms with van der Waals surface area (Å²) in [5.41, 5.74) is 1.35. The van der Waals surface area contributed by atoms with Gasteiger partial charge < -0.3 is 14.6 Å². The molecule has 1 atom stereocenters. The number of unbranched alkanes of at least 4 members (excludes halogenated alkanes) is 1. The van der Waals surface area contributed by atoms with Gasteiger partial charge in [-0.2, -0.15) is 0 Å². The highest BCUT2D eigenvalue weighted by atomic mass is 16.5. The van der Waals surface area contributed by atoms with Crippen LogP contribution in [-0.4, -0.2) is 24.3 Å². The van der Waals surface area contributed by atoms with Crippen molar-refractivity contribution in [2.45, 2.75) is 46.2 Å². The lowest BCUT2D eigenvalue weighted by Gasteiger charge is -2.10. The lowest BCUT2D eigenvalue weighted by atomic mass is 10.2. The van der Waals surface area contributed by atoms with Gasteiger partial charge in [-0.05, 0) is 31.5 Å². The molecule has 1 unspecified atom stereocenters. The van der Waals surface area contributed by atoms with Gasteiger partial charge in [-0.1, -0.05) is 20.3 Å². The molecule has 98 valence electrons. The third-order valence-electron chi connectivity index (χ3n) is 2.92. The van der Waals surface area contributed by atoms with E-state index >= 15 is 0 Å². The van der Waals surface area contributed by atoms with Crippen LogP contribution in [0.3, 0.4) is 0 Å². The molecule has 0 amide bonds. The topological polar surface area (TPSA) is 26.2 Å². The summed E-state index contributed by atoms with van der Waals surface area (Å²) >= 11 is 0. The normalized spacial score (nSPS) is 12.9. The monoisotopic (exact) mass is 238 g/mol. The van der Waals surface area contributed by atoms with E-state index in [9.17, 15) is 0 Å². The lowest BCUT2D eigenvalue weighted by molar-refractivity contribution is 0.123. The molecule has 1 aromatic rings. The average Bonchev–Trinajstić information content (AvgIpc) is 2.78. The standard InChI is InChI=1S/C14H26N2O/c1-4-6-10-17-11-9-16-8-7-14(12-16)13(3)15-5-2/h7-8,12-13,15H,4-6,9-11H2,1-3H3. The molecule has 0 saturated heterocycles. The predicted molar refractivity (Wildman–Crippen MR) is 72.3 cm³/mol. The molecule has 0 saturated carbocycles. The van der Waals surface area contributed by atoms with Gasteiger partial charge in [0.2, 0.25) is 0 Å². The Balaban J connectivity index is 2.25. The summed E-state index contributed by atoms with van der Waals surface area (Å²) < 4.78 is 7.76. The number of hydrogen-bond acceptors (Lipinski definition) is 2. The Morgan fingerprint density at radius 1 is 1.35 bits per heavy atom. The van der Waals surface area contributed by atoms with Crippen LogP contribution < -0.4 is 5.32 Å². The van der Waals surface area contributed by atoms with Crippen molar-refractivity contribution < 1.29 is 4.74 Å². The van der Waals surface area contributed by atoms with Crippen LogP contribution in [0, 0.1) is 0 Å². The minimum absolute atomic E-state index is 0.433. The number of aromatic nitrogens is 1. The molecule has 0 bridgehead atoms. The van der Waals surface area contributed by atoms with Crippen molar-refractivity contribution in [2.75, 3.05) is 19.8 Å². The second kappa shape index (κ2) is 8.31. The number of nitrogens with one attached hydrogen (secondary N) is 1. The molecular formula is C14H26N2O. The van der Waals surface area contributed by atoms with Gasteiger partial charge in [0.15, 0.2) is 0 Å². The van der Waals surface area contributed by atoms with Crippen LogP contribution in [0.5, 0.6) is 0 Å². The summed E-state index contributed by atoms with van der Waals surface area (Å²) in [4.78, 5) is 0. The van der Waals surface area contributed by atoms with Crippen molar-refractivity contribution in [1.29, 1.82) is 0 Å². The summed E-state index contributed by atoms with van der Waals surface area (Å²) in [6.45, 7) is 10.2. The summed E-state index contributed by atoms with van der Waals surface area (Å²) in [5, 5.41) is 3.41. The Labute approximate surface area is 105 Å². The van der Waals surface area contributed by atoms with Gasteiger partial charge in [-0.15, -0.1) is 0 Å². The number of rotatable bonds is 9. The molecule has 1 N–H and O–H groups in total. The molecule has 0 radical (unpaired) electrons. The Kier molecular flexibility index (Phi) is 6.97. The largest absolute Gasteiger partial charge is 0.380 e. The Morgan fingerprint density at radius 2 is 2.18 bits per heavy atom. The first-order valence-electron chi connectivity index (χ1n) is 6.74. The van der Waals surface area contributed by atoms with E-state index in [-0.39, 0.29) is 0 Å². The van der Waals surface area contributed by atoms with E-state index in [2.05, 4.69) is 49.1 Å². The van der Waals surface area contributed by atoms with E-state index in [0.29, 0.717) is 6.04 Å². The van der Waals surface area contributed by atoms with Gasteiger partial charge in [0.05, 0.1) is 6.61 Å². The second-order valence-electron chi connectivity index (χ2n) is 4.43. The zero-order chi connectivity index (χ0) is 12.5. The van der Waals surface area contributed by atoms with Crippen molar-refractivity contribution in [3.8, 4) is 0 Å². The average molecular weight is 238 g/mol. The molecular weight excluding hydrogens is 212 g/mol. The summed E-state index contributed by atoms with van der Waals surface area (Å²) in [6.07, 6.45) is 6.70. The van der Waals surface area contributed by atoms with E-state index in [0.717, 1.165) is 32.7 Å². The quantitative estimate of drug-likeness (QED) is 0.669. The maximum absolute atomic E-state index is 5.56. The van der Waals surface area contributed by atoms with Crippen LogP contribution in [0.25, 0.3) is 0 Å². The molecule has 1 heterocycles. The summed E-state index contributed by atoms with van der Waals surface area (Å²) in [5.74, 6) is 0. The van der Waals surface area contributed by atoms with Gasteiger partial charge in [0.25, 0.3) is 0 Å². The number of hydrogen-bond donors (Lipinski definition) is 1. The van der Waals surface area contributed by atoms with E-state index in [1.807, 2.05) is 0 Å². The molecule has 3 heteroatoms. The lowest BCUT2D eigenvalue weighted by Crippen LogP contribution is -2.17. The van der Waals surface area contributed by atoms with Gasteiger partial charge >= 0.3 is 0 Å². The maximum Gasteiger partial charge on any atom is 0.0645 e. The van der Waals surface area contributed by atoms with Crippen LogP contribution in [0.4, 0.5) is 0 Å². The van der Waals surface area contributed by atoms with Crippen molar-refractivity contribution in [3.63, 3.8) is 0 Å². The van der Waals surface area contributed by atoms with Gasteiger partial charge in [-0.25, -0.2) is 0 Å². The third kappa shape index (κ3) is 5.37. The first kappa shape index (κ1) is 14.3. The van der Waals surface area contributed by atoms with E-state index in [1.165, 1.54) is 12.0 Å². The van der Waals surface area contributed by atoms with Gasteiger partial charge in [-0.3, -0.25) is 0 Å². The Morgan fingerprint density at radius 3 is 2.88 bits per heavy atom. The smallest absolute Gasteiger partial charge is 0.0645 e. The molecule has 0 aliphatic heterocycles. The van der Waals surface area contributed by atoms with E-state index in [1.54, 1.807) is 0 Å². The Hall–Kier alpha value is -0.800. The first-order valence-corrected chi connectivity index (χ1v) is 6.74. The van der Waals surface area contributed by atoms with Crippen molar-refractivity contribution in [1.82, 2.24) is 9.88 Å². The molecule has 17 heavy (non-hydrogen) atoms. The predicted octanol–water partition coefficient (Wildman–Crippen LogP) is 2.98. The van der Waals surface area contributed by atoms with Crippen LogP contribution in [0.2, 0.25) is 0 Å². The molecule has 1 rings (SSSR count). The third-order valence-corrected chi connectivity index (χ3v) is 2.92. The molecule has 0 spiro atoms. The summed E-state index contributed by atoms with van der Waals surface area (Å²) in [7, 11) is 0. The molecule has 0 aliphatic carbocycles. The Bertz CT molecular complexity index is 296. The highest BCUT2D eigenvalue weighted by Gasteiger charge is 2.04. The SMILES string of the molecule is CCCCOCCn1ccc(C(C)NCC)c1. The van der Waals surface area contributed by atoms with Gasteiger partial charge in [0, 0.05) is 31.6 Å². The fraction of sp³-hybridized carbons (Fsp3) is 0.714. The number of ether oxygens (including phenoxy) is 1. The zero-order valence-corrected chi connectivity index (χ0v) is 11.4. The maximum atomic E-state index is 5.56. The first-order chi connectivity index (χ1) is 8.27. The van der Waals surface area contributed by atoms with Crippen LogP contribution >= 0.6 is 0 Å². The molecule has 0 aromatic carbocycles. The molecule has 0 aliphatic rings. The zero-order valence-electron chi connectivity index (χ0n) is 11.4. The highest BCUT2D eigenvalue weighted by molar-refractivity contribution is 5.14. The fourth-order valence-electron chi connectivity index (χ4n) is 1.80. The second-order valence-corrected chi connectivity index (χ2v) is 4.43. The minimum atomic E-state index is 0.433. The number of nitrogens with zero attached hydrogens (tertiary/aromatic N) is 1. The van der Waals surface area contributed by atoms with Crippen molar-refractivity contribution in [2.24, 2.45) is 0 Å². The molecule has 0 fully saturated rings. The molecule has 1 aromatic heterocycles. The van der Waals surface area contributed by atoms with Crippen LogP contribution in [-0.2, 0) is 11.3 Å². The highest BCUT2D eigenvalue weighted by Crippen LogP contribution is 2.12. The minimum Gasteiger partial charge on any atom is -0.380 e. The van der Waals surface area contributed by atoms with Gasteiger partial charge in [0.1, 0.15) is 0 Å². The van der Waals surface area contributed by atoms with E-state index in [4.69, 9.17) is 4.74 Å². The summed E-state index contributed by atoms with van der Waals surface area (Å²) in [6, 6.07) is 2.61. The van der Waals surface area contributed by atoms with Crippen LogP contribution in [0.1, 0.15) is 45.2 Å². The van der Waals surface area contributed by atoms with Crippen molar-refractivity contribution in [3.05, 3.63) is 24.0 Å². The fourth-order valence-corrected chi connectivity index (χ4v) is 1.80. The van der Waals surface area contributed by atoms with E-state index < -0.39 is 0 Å². The van der Waals surface area contributed by atoms with Crippen LogP contribution in [0.15, 0.2) is 18.5 Å². The molecule has 3 nitrogen and oxygen atoms in total. The van der Waals surface area contributed by atoms with Crippen molar-refractivity contribution >= 4 is 0 Å².